The largest absolute Gasteiger partial charge is 0.353 e. The average Bonchev–Trinajstić information content (AvgIpc) is 3.14. The molecule has 2 saturated heterocycles. The molecule has 0 unspecified atom stereocenters. The monoisotopic (exact) mass is 525 g/mol. The highest BCUT2D eigenvalue weighted by molar-refractivity contribution is 8.26. The van der Waals surface area contributed by atoms with Gasteiger partial charge in [-0.15, -0.1) is 0 Å². The molecule has 35 heavy (non-hydrogen) atoms. The second kappa shape index (κ2) is 10.1. The molecule has 1 aromatic carbocycles. The number of benzene rings is 1. The number of thioether (sulfide) groups is 1. The Kier molecular flexibility index (Phi) is 6.93. The molecule has 0 atom stereocenters. The van der Waals surface area contributed by atoms with Gasteiger partial charge in [-0.25, -0.2) is 4.98 Å². The summed E-state index contributed by atoms with van der Waals surface area (Å²) < 4.78 is 1.95. The fourth-order valence-corrected chi connectivity index (χ4v) is 5.73. The minimum atomic E-state index is -0.237. The Balaban J connectivity index is 1.53. The lowest BCUT2D eigenvalue weighted by molar-refractivity contribution is -0.122. The van der Waals surface area contributed by atoms with Gasteiger partial charge < -0.3 is 9.80 Å². The van der Waals surface area contributed by atoms with Crippen molar-refractivity contribution in [2.24, 2.45) is 0 Å². The number of carbonyl (C=O) groups is 1. The Morgan fingerprint density at radius 3 is 2.57 bits per heavy atom. The van der Waals surface area contributed by atoms with E-state index < -0.39 is 0 Å². The summed E-state index contributed by atoms with van der Waals surface area (Å²) in [6.07, 6.45) is 3.35. The average molecular weight is 526 g/mol. The van der Waals surface area contributed by atoms with Crippen LogP contribution in [0.3, 0.4) is 0 Å². The van der Waals surface area contributed by atoms with E-state index in [0.717, 1.165) is 38.3 Å². The zero-order valence-electron chi connectivity index (χ0n) is 19.2. The normalized spacial score (nSPS) is 18.3. The van der Waals surface area contributed by atoms with Crippen LogP contribution in [-0.4, -0.2) is 62.1 Å². The molecular formula is C25H24ClN5O2S2. The van der Waals surface area contributed by atoms with Crippen LogP contribution in [0.25, 0.3) is 11.7 Å². The molecule has 4 heterocycles. The molecule has 0 spiro atoms. The van der Waals surface area contributed by atoms with Crippen LogP contribution in [0.4, 0.5) is 5.82 Å². The minimum Gasteiger partial charge on any atom is -0.353 e. The van der Waals surface area contributed by atoms with E-state index in [0.29, 0.717) is 31.3 Å². The first-order chi connectivity index (χ1) is 17.0. The van der Waals surface area contributed by atoms with E-state index in [-0.39, 0.29) is 18.0 Å². The number of halogens is 1. The summed E-state index contributed by atoms with van der Waals surface area (Å²) in [5.74, 6) is 0.368. The molecule has 10 heteroatoms. The summed E-state index contributed by atoms with van der Waals surface area (Å²) in [4.78, 5) is 38.2. The molecule has 7 nitrogen and oxygen atoms in total. The highest BCUT2D eigenvalue weighted by Crippen LogP contribution is 2.35. The lowest BCUT2D eigenvalue weighted by Gasteiger charge is -2.35. The molecule has 0 aliphatic carbocycles. The molecule has 2 fully saturated rings. The van der Waals surface area contributed by atoms with E-state index in [2.05, 4.69) is 16.7 Å². The number of piperazine rings is 1. The van der Waals surface area contributed by atoms with Crippen LogP contribution < -0.4 is 10.5 Å². The van der Waals surface area contributed by atoms with Gasteiger partial charge in [-0.1, -0.05) is 66.8 Å². The maximum Gasteiger partial charge on any atom is 0.267 e. The van der Waals surface area contributed by atoms with Crippen LogP contribution in [0.15, 0.2) is 58.4 Å². The Morgan fingerprint density at radius 1 is 1.09 bits per heavy atom. The maximum absolute atomic E-state index is 13.6. The number of anilines is 1. The molecule has 180 valence electrons. The van der Waals surface area contributed by atoms with Gasteiger partial charge in [0.25, 0.3) is 11.5 Å². The summed E-state index contributed by atoms with van der Waals surface area (Å²) in [6, 6.07) is 12.9. The van der Waals surface area contributed by atoms with Crippen LogP contribution in [0.1, 0.15) is 18.1 Å². The third-order valence-electron chi connectivity index (χ3n) is 6.30. The molecular weight excluding hydrogens is 502 g/mol. The minimum absolute atomic E-state index is 0.208. The number of aromatic nitrogens is 2. The molecule has 2 aromatic heterocycles. The fraction of sp³-hybridized carbons (Fsp3) is 0.280. The predicted octanol–water partition coefficient (Wildman–Crippen LogP) is 3.89. The van der Waals surface area contributed by atoms with Crippen LogP contribution in [0, 0.1) is 0 Å². The first kappa shape index (κ1) is 24.0. The van der Waals surface area contributed by atoms with Crippen molar-refractivity contribution in [3.8, 4) is 0 Å². The number of amides is 1. The fourth-order valence-electron chi connectivity index (χ4n) is 4.30. The SMILES string of the molecule is CCN1CCN(c2nc3ccccn3c(=O)c2C=C2SC(=S)N(Cc3ccccc3Cl)C2=O)CC1. The number of fused-ring (bicyclic) bond motifs is 1. The van der Waals surface area contributed by atoms with Gasteiger partial charge in [0, 0.05) is 37.4 Å². The van der Waals surface area contributed by atoms with Crippen molar-refractivity contribution in [3.63, 3.8) is 0 Å². The molecule has 3 aromatic rings. The topological polar surface area (TPSA) is 61.2 Å². The third-order valence-corrected chi connectivity index (χ3v) is 8.05. The molecule has 5 rings (SSSR count). The number of likely N-dealkylation sites (N-methyl/N-ethyl adjacent to an activating group) is 1. The third kappa shape index (κ3) is 4.73. The number of hydrogen-bond acceptors (Lipinski definition) is 7. The van der Waals surface area contributed by atoms with Gasteiger partial charge in [0.2, 0.25) is 0 Å². The standard InChI is InChI=1S/C25H24ClN5O2S2/c1-2-28-11-13-29(14-12-28)22-18(23(32)30-10-6-5-9-21(30)27-22)15-20-24(33)31(25(34)35-20)16-17-7-3-4-8-19(17)26/h3-10,15H,2,11-14,16H2,1H3. The van der Waals surface area contributed by atoms with Crippen molar-refractivity contribution in [1.29, 1.82) is 0 Å². The van der Waals surface area contributed by atoms with E-state index in [9.17, 15) is 9.59 Å². The van der Waals surface area contributed by atoms with Gasteiger partial charge in [0.15, 0.2) is 0 Å². The van der Waals surface area contributed by atoms with Gasteiger partial charge in [-0.2, -0.15) is 0 Å². The van der Waals surface area contributed by atoms with E-state index in [1.807, 2.05) is 30.3 Å². The molecule has 0 bridgehead atoms. The summed E-state index contributed by atoms with van der Waals surface area (Å²) in [7, 11) is 0. The first-order valence-electron chi connectivity index (χ1n) is 11.4. The van der Waals surface area contributed by atoms with Crippen molar-refractivity contribution in [3.05, 3.63) is 80.1 Å². The first-order valence-corrected chi connectivity index (χ1v) is 13.0. The molecule has 2 aliphatic heterocycles. The second-order valence-electron chi connectivity index (χ2n) is 8.36. The van der Waals surface area contributed by atoms with E-state index in [1.54, 1.807) is 24.4 Å². The van der Waals surface area contributed by atoms with Crippen LogP contribution in [-0.2, 0) is 11.3 Å². The molecule has 0 radical (unpaired) electrons. The number of hydrogen-bond donors (Lipinski definition) is 0. The lowest BCUT2D eigenvalue weighted by Crippen LogP contribution is -2.47. The van der Waals surface area contributed by atoms with Crippen molar-refractivity contribution in [2.45, 2.75) is 13.5 Å². The summed E-state index contributed by atoms with van der Waals surface area (Å²) >= 11 is 13.0. The Morgan fingerprint density at radius 2 is 1.83 bits per heavy atom. The molecule has 1 amide bonds. The van der Waals surface area contributed by atoms with Crippen molar-refractivity contribution >= 4 is 63.3 Å². The van der Waals surface area contributed by atoms with Crippen molar-refractivity contribution in [2.75, 3.05) is 37.6 Å². The summed E-state index contributed by atoms with van der Waals surface area (Å²) in [6.45, 7) is 6.73. The van der Waals surface area contributed by atoms with Gasteiger partial charge in [0.1, 0.15) is 15.8 Å². The predicted molar refractivity (Wildman–Crippen MR) is 146 cm³/mol. The van der Waals surface area contributed by atoms with E-state index in [1.165, 1.54) is 21.1 Å². The summed E-state index contributed by atoms with van der Waals surface area (Å²) in [5.41, 5.74) is 1.58. The number of rotatable bonds is 5. The van der Waals surface area contributed by atoms with E-state index in [4.69, 9.17) is 28.8 Å². The lowest BCUT2D eigenvalue weighted by atomic mass is 10.2. The van der Waals surface area contributed by atoms with Gasteiger partial charge in [-0.05, 0) is 36.4 Å². The number of nitrogens with zero attached hydrogens (tertiary/aromatic N) is 5. The zero-order chi connectivity index (χ0) is 24.5. The Hall–Kier alpha value is -2.72. The van der Waals surface area contributed by atoms with Crippen molar-refractivity contribution in [1.82, 2.24) is 19.2 Å². The van der Waals surface area contributed by atoms with Crippen LogP contribution in [0.5, 0.6) is 0 Å². The molecule has 2 aliphatic rings. The smallest absolute Gasteiger partial charge is 0.267 e. The number of thiocarbonyl (C=S) groups is 1. The van der Waals surface area contributed by atoms with Crippen LogP contribution in [0.2, 0.25) is 5.02 Å². The summed E-state index contributed by atoms with van der Waals surface area (Å²) in [5, 5.41) is 0.580. The quantitative estimate of drug-likeness (QED) is 0.370. The van der Waals surface area contributed by atoms with Gasteiger partial charge >= 0.3 is 0 Å². The van der Waals surface area contributed by atoms with Crippen LogP contribution >= 0.6 is 35.6 Å². The van der Waals surface area contributed by atoms with Crippen molar-refractivity contribution < 1.29 is 4.79 Å². The zero-order valence-corrected chi connectivity index (χ0v) is 21.6. The highest BCUT2D eigenvalue weighted by atomic mass is 35.5. The molecule has 0 saturated carbocycles. The number of pyridine rings is 1. The maximum atomic E-state index is 13.6. The Bertz CT molecular complexity index is 1400. The second-order valence-corrected chi connectivity index (χ2v) is 10.4. The van der Waals surface area contributed by atoms with Gasteiger partial charge in [-0.3, -0.25) is 18.9 Å². The molecule has 0 N–H and O–H groups in total. The van der Waals surface area contributed by atoms with Gasteiger partial charge in [0.05, 0.1) is 17.0 Å². The Labute approximate surface area is 218 Å². The highest BCUT2D eigenvalue weighted by Gasteiger charge is 2.33. The van der Waals surface area contributed by atoms with E-state index >= 15 is 0 Å². The number of carbonyl (C=O) groups excluding carboxylic acids is 1.